The van der Waals surface area contributed by atoms with Gasteiger partial charge < -0.3 is 14.6 Å². The molecule has 2 rings (SSSR count). The lowest BCUT2D eigenvalue weighted by molar-refractivity contribution is 0.447. The fraction of sp³-hybridized carbons (Fsp3) is 0.846. The molecule has 5 heteroatoms. The van der Waals surface area contributed by atoms with Crippen molar-refractivity contribution in [3.8, 4) is 0 Å². The third kappa shape index (κ3) is 3.98. The highest BCUT2D eigenvalue weighted by Gasteiger charge is 2.15. The third-order valence-electron chi connectivity index (χ3n) is 3.16. The van der Waals surface area contributed by atoms with Gasteiger partial charge in [-0.3, -0.25) is 0 Å². The Hall–Kier alpha value is -1.10. The molecule has 18 heavy (non-hydrogen) atoms. The summed E-state index contributed by atoms with van der Waals surface area (Å²) in [5.41, 5.74) is 0. The number of hydrogen-bond acceptors (Lipinski definition) is 5. The molecule has 0 saturated carbocycles. The van der Waals surface area contributed by atoms with Gasteiger partial charge in [0.15, 0.2) is 0 Å². The summed E-state index contributed by atoms with van der Waals surface area (Å²) in [5.74, 6) is 1.33. The Kier molecular flexibility index (Phi) is 4.99. The first-order chi connectivity index (χ1) is 8.75. The smallest absolute Gasteiger partial charge is 0.318 e. The standard InChI is InChI=1S/C13H24N4O/c1-11(2)9-14-10-12-15-16-13(18-12)17-7-5-3-4-6-8-17/h11,14H,3-10H2,1-2H3. The van der Waals surface area contributed by atoms with Crippen molar-refractivity contribution in [2.24, 2.45) is 5.92 Å². The monoisotopic (exact) mass is 252 g/mol. The molecule has 1 aliphatic rings. The molecule has 1 fully saturated rings. The van der Waals surface area contributed by atoms with E-state index in [9.17, 15) is 0 Å². The van der Waals surface area contributed by atoms with Crippen molar-refractivity contribution in [1.82, 2.24) is 15.5 Å². The molecular weight excluding hydrogens is 228 g/mol. The van der Waals surface area contributed by atoms with Gasteiger partial charge in [0.1, 0.15) is 0 Å². The Morgan fingerprint density at radius 1 is 1.17 bits per heavy atom. The van der Waals surface area contributed by atoms with Crippen molar-refractivity contribution in [2.75, 3.05) is 24.5 Å². The molecule has 1 N–H and O–H groups in total. The molecule has 102 valence electrons. The van der Waals surface area contributed by atoms with Gasteiger partial charge in [-0.1, -0.05) is 31.8 Å². The first-order valence-corrected chi connectivity index (χ1v) is 7.04. The van der Waals surface area contributed by atoms with E-state index in [4.69, 9.17) is 4.42 Å². The summed E-state index contributed by atoms with van der Waals surface area (Å²) in [6, 6.07) is 0.693. The van der Waals surface area contributed by atoms with Crippen LogP contribution in [0.1, 0.15) is 45.4 Å². The lowest BCUT2D eigenvalue weighted by atomic mass is 10.2. The Labute approximate surface area is 109 Å². The van der Waals surface area contributed by atoms with Crippen LogP contribution in [-0.2, 0) is 6.54 Å². The summed E-state index contributed by atoms with van der Waals surface area (Å²) in [6.45, 7) is 8.09. The molecule has 0 bridgehead atoms. The lowest BCUT2D eigenvalue weighted by Crippen LogP contribution is -2.24. The minimum Gasteiger partial charge on any atom is -0.407 e. The molecular formula is C13H24N4O. The van der Waals surface area contributed by atoms with Crippen LogP contribution in [0.2, 0.25) is 0 Å². The highest BCUT2D eigenvalue weighted by atomic mass is 16.4. The molecule has 1 aromatic heterocycles. The van der Waals surface area contributed by atoms with E-state index < -0.39 is 0 Å². The summed E-state index contributed by atoms with van der Waals surface area (Å²) in [6.07, 6.45) is 5.08. The van der Waals surface area contributed by atoms with E-state index in [0.717, 1.165) is 19.6 Å². The van der Waals surface area contributed by atoms with Gasteiger partial charge in [-0.15, -0.1) is 5.10 Å². The zero-order valence-corrected chi connectivity index (χ0v) is 11.5. The van der Waals surface area contributed by atoms with Crippen LogP contribution in [0.15, 0.2) is 4.42 Å². The van der Waals surface area contributed by atoms with Crippen molar-refractivity contribution in [1.29, 1.82) is 0 Å². The second kappa shape index (κ2) is 6.73. The van der Waals surface area contributed by atoms with Crippen LogP contribution in [0, 0.1) is 5.92 Å². The van der Waals surface area contributed by atoms with E-state index >= 15 is 0 Å². The quantitative estimate of drug-likeness (QED) is 0.870. The van der Waals surface area contributed by atoms with Gasteiger partial charge in [-0.25, -0.2) is 0 Å². The summed E-state index contributed by atoms with van der Waals surface area (Å²) in [5, 5.41) is 11.6. The van der Waals surface area contributed by atoms with E-state index in [1.165, 1.54) is 25.7 Å². The van der Waals surface area contributed by atoms with Gasteiger partial charge >= 0.3 is 6.01 Å². The summed E-state index contributed by atoms with van der Waals surface area (Å²) >= 11 is 0. The second-order valence-corrected chi connectivity index (χ2v) is 5.40. The molecule has 0 atom stereocenters. The van der Waals surface area contributed by atoms with Gasteiger partial charge in [0.2, 0.25) is 5.89 Å². The molecule has 0 radical (unpaired) electrons. The van der Waals surface area contributed by atoms with Gasteiger partial charge in [-0.2, -0.15) is 0 Å². The summed E-state index contributed by atoms with van der Waals surface area (Å²) in [4.78, 5) is 2.21. The maximum atomic E-state index is 5.70. The highest BCUT2D eigenvalue weighted by Crippen LogP contribution is 2.17. The fourth-order valence-electron chi connectivity index (χ4n) is 2.17. The maximum absolute atomic E-state index is 5.70. The molecule has 0 unspecified atom stereocenters. The Balaban J connectivity index is 1.84. The predicted molar refractivity (Wildman–Crippen MR) is 71.5 cm³/mol. The van der Waals surface area contributed by atoms with Crippen molar-refractivity contribution in [3.05, 3.63) is 5.89 Å². The van der Waals surface area contributed by atoms with E-state index in [1.54, 1.807) is 0 Å². The van der Waals surface area contributed by atoms with Crippen LogP contribution in [-0.4, -0.2) is 29.8 Å². The largest absolute Gasteiger partial charge is 0.407 e. The topological polar surface area (TPSA) is 54.2 Å². The average Bonchev–Trinajstić information content (AvgIpc) is 2.63. The summed E-state index contributed by atoms with van der Waals surface area (Å²) in [7, 11) is 0. The Morgan fingerprint density at radius 2 is 1.89 bits per heavy atom. The van der Waals surface area contributed by atoms with Crippen LogP contribution < -0.4 is 10.2 Å². The van der Waals surface area contributed by atoms with Crippen molar-refractivity contribution in [2.45, 2.75) is 46.1 Å². The van der Waals surface area contributed by atoms with E-state index in [0.29, 0.717) is 24.4 Å². The molecule has 1 saturated heterocycles. The molecule has 5 nitrogen and oxygen atoms in total. The molecule has 1 aliphatic heterocycles. The average molecular weight is 252 g/mol. The molecule has 0 aliphatic carbocycles. The number of rotatable bonds is 5. The van der Waals surface area contributed by atoms with E-state index in [2.05, 4.69) is 34.3 Å². The number of nitrogens with zero attached hydrogens (tertiary/aromatic N) is 3. The van der Waals surface area contributed by atoms with E-state index in [-0.39, 0.29) is 0 Å². The minimum atomic E-state index is 0.637. The van der Waals surface area contributed by atoms with Crippen molar-refractivity contribution in [3.63, 3.8) is 0 Å². The Morgan fingerprint density at radius 3 is 2.56 bits per heavy atom. The Bertz CT molecular complexity index is 343. The maximum Gasteiger partial charge on any atom is 0.318 e. The van der Waals surface area contributed by atoms with Crippen LogP contribution in [0.25, 0.3) is 0 Å². The second-order valence-electron chi connectivity index (χ2n) is 5.40. The third-order valence-corrected chi connectivity index (χ3v) is 3.16. The zero-order chi connectivity index (χ0) is 12.8. The van der Waals surface area contributed by atoms with Gasteiger partial charge in [0, 0.05) is 13.1 Å². The van der Waals surface area contributed by atoms with Gasteiger partial charge in [-0.05, 0) is 25.3 Å². The van der Waals surface area contributed by atoms with Crippen LogP contribution >= 0.6 is 0 Å². The SMILES string of the molecule is CC(C)CNCc1nnc(N2CCCCCC2)o1. The van der Waals surface area contributed by atoms with Crippen LogP contribution in [0.5, 0.6) is 0 Å². The highest BCUT2D eigenvalue weighted by molar-refractivity contribution is 5.23. The lowest BCUT2D eigenvalue weighted by Gasteiger charge is -2.16. The fourth-order valence-corrected chi connectivity index (χ4v) is 2.17. The van der Waals surface area contributed by atoms with Gasteiger partial charge in [0.25, 0.3) is 0 Å². The van der Waals surface area contributed by atoms with Crippen molar-refractivity contribution >= 4 is 6.01 Å². The van der Waals surface area contributed by atoms with Crippen LogP contribution in [0.4, 0.5) is 6.01 Å². The van der Waals surface area contributed by atoms with Crippen LogP contribution in [0.3, 0.4) is 0 Å². The normalized spacial score (nSPS) is 17.2. The molecule has 0 aromatic carbocycles. The molecule has 2 heterocycles. The number of anilines is 1. The predicted octanol–water partition coefficient (Wildman–Crippen LogP) is 2.20. The molecule has 0 spiro atoms. The molecule has 1 aromatic rings. The number of nitrogens with one attached hydrogen (secondary N) is 1. The van der Waals surface area contributed by atoms with Gasteiger partial charge in [0.05, 0.1) is 6.54 Å². The zero-order valence-electron chi connectivity index (χ0n) is 11.5. The molecule has 0 amide bonds. The number of aromatic nitrogens is 2. The first-order valence-electron chi connectivity index (χ1n) is 7.04. The first kappa shape index (κ1) is 13.3. The van der Waals surface area contributed by atoms with E-state index in [1.807, 2.05) is 0 Å². The van der Waals surface area contributed by atoms with Crippen molar-refractivity contribution < 1.29 is 4.42 Å². The minimum absolute atomic E-state index is 0.637. The number of hydrogen-bond donors (Lipinski definition) is 1. The summed E-state index contributed by atoms with van der Waals surface area (Å²) < 4.78 is 5.70.